The summed E-state index contributed by atoms with van der Waals surface area (Å²) in [5, 5.41) is 0. The zero-order valence-corrected chi connectivity index (χ0v) is 17.5. The summed E-state index contributed by atoms with van der Waals surface area (Å²) in [6.45, 7) is 9.20. The van der Waals surface area contributed by atoms with Crippen LogP contribution < -0.4 is 0 Å². The lowest BCUT2D eigenvalue weighted by Gasteiger charge is -2.38. The maximum atomic E-state index is 13.1. The van der Waals surface area contributed by atoms with Crippen molar-refractivity contribution in [1.29, 1.82) is 0 Å². The van der Waals surface area contributed by atoms with Crippen molar-refractivity contribution in [3.8, 4) is 0 Å². The molecule has 2 fully saturated rings. The fourth-order valence-corrected chi connectivity index (χ4v) is 5.97. The summed E-state index contributed by atoms with van der Waals surface area (Å²) in [4.78, 5) is 2.74. The number of aryl methyl sites for hydroxylation is 1. The van der Waals surface area contributed by atoms with E-state index < -0.39 is 10.0 Å². The second-order valence-electron chi connectivity index (χ2n) is 7.30. The van der Waals surface area contributed by atoms with E-state index >= 15 is 0 Å². The first-order valence-electron chi connectivity index (χ1n) is 8.93. The van der Waals surface area contributed by atoms with Gasteiger partial charge in [0.05, 0.1) is 17.1 Å². The van der Waals surface area contributed by atoms with Crippen LogP contribution in [0.1, 0.15) is 32.3 Å². The molecular formula is C18H27BrN2O3S. The second kappa shape index (κ2) is 7.64. The summed E-state index contributed by atoms with van der Waals surface area (Å²) in [7, 11) is -3.45. The van der Waals surface area contributed by atoms with E-state index in [0.717, 1.165) is 42.5 Å². The van der Waals surface area contributed by atoms with Crippen LogP contribution in [0, 0.1) is 6.92 Å². The van der Waals surface area contributed by atoms with Gasteiger partial charge in [-0.05, 0) is 57.4 Å². The van der Waals surface area contributed by atoms with Gasteiger partial charge in [-0.25, -0.2) is 8.42 Å². The SMILES string of the molecule is Cc1cc(S(=O)(=O)N2CCCC2CN2CC(C)OC(C)C2)ccc1Br. The van der Waals surface area contributed by atoms with Crippen LogP contribution in [-0.2, 0) is 14.8 Å². The van der Waals surface area contributed by atoms with Crippen LogP contribution in [0.2, 0.25) is 0 Å². The third-order valence-electron chi connectivity index (χ3n) is 5.02. The Morgan fingerprint density at radius 2 is 1.92 bits per heavy atom. The number of hydrogen-bond donors (Lipinski definition) is 0. The highest BCUT2D eigenvalue weighted by atomic mass is 79.9. The Morgan fingerprint density at radius 1 is 1.24 bits per heavy atom. The van der Waals surface area contributed by atoms with Crippen LogP contribution in [-0.4, -0.2) is 62.1 Å². The molecule has 0 radical (unpaired) electrons. The molecule has 1 aromatic carbocycles. The minimum Gasteiger partial charge on any atom is -0.373 e. The molecule has 2 aliphatic rings. The van der Waals surface area contributed by atoms with Crippen molar-refractivity contribution < 1.29 is 13.2 Å². The molecule has 7 heteroatoms. The number of rotatable bonds is 4. The van der Waals surface area contributed by atoms with E-state index in [1.54, 1.807) is 16.4 Å². The minimum atomic E-state index is -3.45. The van der Waals surface area contributed by atoms with Gasteiger partial charge in [0.2, 0.25) is 10.0 Å². The maximum Gasteiger partial charge on any atom is 0.243 e. The predicted molar refractivity (Wildman–Crippen MR) is 102 cm³/mol. The first-order chi connectivity index (χ1) is 11.8. The smallest absolute Gasteiger partial charge is 0.243 e. The van der Waals surface area contributed by atoms with Gasteiger partial charge in [0.1, 0.15) is 0 Å². The minimum absolute atomic E-state index is 0.0476. The van der Waals surface area contributed by atoms with Crippen molar-refractivity contribution in [2.24, 2.45) is 0 Å². The fourth-order valence-electron chi connectivity index (χ4n) is 3.95. The number of hydrogen-bond acceptors (Lipinski definition) is 4. The van der Waals surface area contributed by atoms with Crippen molar-refractivity contribution in [2.75, 3.05) is 26.2 Å². The molecule has 0 spiro atoms. The lowest BCUT2D eigenvalue weighted by atomic mass is 10.1. The van der Waals surface area contributed by atoms with Crippen molar-refractivity contribution in [3.05, 3.63) is 28.2 Å². The second-order valence-corrected chi connectivity index (χ2v) is 10.0. The van der Waals surface area contributed by atoms with E-state index in [1.165, 1.54) is 0 Å². The molecule has 2 saturated heterocycles. The molecule has 0 N–H and O–H groups in total. The van der Waals surface area contributed by atoms with Gasteiger partial charge in [-0.2, -0.15) is 4.31 Å². The van der Waals surface area contributed by atoms with Gasteiger partial charge >= 0.3 is 0 Å². The van der Waals surface area contributed by atoms with E-state index in [0.29, 0.717) is 11.4 Å². The van der Waals surface area contributed by atoms with Crippen LogP contribution >= 0.6 is 15.9 Å². The molecule has 1 aromatic rings. The standard InChI is InChI=1S/C18H27BrN2O3S/c1-13-9-17(6-7-18(13)19)25(22,23)21-8-4-5-16(21)12-20-10-14(2)24-15(3)11-20/h6-7,9,14-16H,4-5,8,10-12H2,1-3H3. The number of ether oxygens (including phenoxy) is 1. The molecule has 0 bridgehead atoms. The Kier molecular flexibility index (Phi) is 5.90. The zero-order chi connectivity index (χ0) is 18.2. The van der Waals surface area contributed by atoms with Gasteiger partial charge in [-0.1, -0.05) is 15.9 Å². The summed E-state index contributed by atoms with van der Waals surface area (Å²) in [6.07, 6.45) is 2.25. The summed E-state index contributed by atoms with van der Waals surface area (Å²) in [6, 6.07) is 5.32. The van der Waals surface area contributed by atoms with E-state index in [9.17, 15) is 8.42 Å². The molecule has 3 rings (SSSR count). The third kappa shape index (κ3) is 4.27. The Bertz CT molecular complexity index is 715. The molecule has 0 aromatic heterocycles. The van der Waals surface area contributed by atoms with Crippen LogP contribution in [0.3, 0.4) is 0 Å². The van der Waals surface area contributed by atoms with E-state index in [-0.39, 0.29) is 18.2 Å². The Hall–Kier alpha value is -0.470. The Balaban J connectivity index is 1.77. The summed E-state index contributed by atoms with van der Waals surface area (Å²) >= 11 is 3.44. The number of sulfonamides is 1. The largest absolute Gasteiger partial charge is 0.373 e. The molecule has 2 aliphatic heterocycles. The van der Waals surface area contributed by atoms with Crippen molar-refractivity contribution in [2.45, 2.75) is 56.8 Å². The number of halogens is 1. The monoisotopic (exact) mass is 430 g/mol. The van der Waals surface area contributed by atoms with Gasteiger partial charge in [0.25, 0.3) is 0 Å². The highest BCUT2D eigenvalue weighted by Gasteiger charge is 2.37. The summed E-state index contributed by atoms with van der Waals surface area (Å²) < 4.78 is 34.7. The average Bonchev–Trinajstić information content (AvgIpc) is 2.97. The highest BCUT2D eigenvalue weighted by Crippen LogP contribution is 2.29. The molecule has 5 nitrogen and oxygen atoms in total. The van der Waals surface area contributed by atoms with Gasteiger partial charge in [0, 0.05) is 36.7 Å². The van der Waals surface area contributed by atoms with E-state index in [2.05, 4.69) is 34.7 Å². The molecule has 140 valence electrons. The molecular weight excluding hydrogens is 404 g/mol. The van der Waals surface area contributed by atoms with Crippen molar-refractivity contribution in [1.82, 2.24) is 9.21 Å². The average molecular weight is 431 g/mol. The van der Waals surface area contributed by atoms with Gasteiger partial charge in [0.15, 0.2) is 0 Å². The first-order valence-corrected chi connectivity index (χ1v) is 11.2. The van der Waals surface area contributed by atoms with E-state index in [1.807, 2.05) is 13.0 Å². The maximum absolute atomic E-state index is 13.1. The normalized spacial score (nSPS) is 29.2. The molecule has 3 unspecified atom stereocenters. The highest BCUT2D eigenvalue weighted by molar-refractivity contribution is 9.10. The Morgan fingerprint density at radius 3 is 2.56 bits per heavy atom. The van der Waals surface area contributed by atoms with Crippen LogP contribution in [0.5, 0.6) is 0 Å². The van der Waals surface area contributed by atoms with Crippen LogP contribution in [0.4, 0.5) is 0 Å². The molecule has 3 atom stereocenters. The zero-order valence-electron chi connectivity index (χ0n) is 15.1. The third-order valence-corrected chi connectivity index (χ3v) is 7.86. The van der Waals surface area contributed by atoms with Gasteiger partial charge < -0.3 is 4.74 Å². The number of benzene rings is 1. The van der Waals surface area contributed by atoms with Crippen LogP contribution in [0.15, 0.2) is 27.6 Å². The fraction of sp³-hybridized carbons (Fsp3) is 0.667. The lowest BCUT2D eigenvalue weighted by Crippen LogP contribution is -2.50. The molecule has 0 saturated carbocycles. The number of morpholine rings is 1. The quantitative estimate of drug-likeness (QED) is 0.736. The molecule has 0 aliphatic carbocycles. The topological polar surface area (TPSA) is 49.9 Å². The molecule has 0 amide bonds. The van der Waals surface area contributed by atoms with Gasteiger partial charge in [-0.15, -0.1) is 0 Å². The van der Waals surface area contributed by atoms with Crippen molar-refractivity contribution >= 4 is 26.0 Å². The summed E-state index contributed by atoms with van der Waals surface area (Å²) in [5.41, 5.74) is 0.938. The molecule has 25 heavy (non-hydrogen) atoms. The number of nitrogens with zero attached hydrogens (tertiary/aromatic N) is 2. The Labute approximate surface area is 159 Å². The molecule has 2 heterocycles. The van der Waals surface area contributed by atoms with Gasteiger partial charge in [-0.3, -0.25) is 4.90 Å². The predicted octanol–water partition coefficient (Wildman–Crippen LogP) is 3.02. The van der Waals surface area contributed by atoms with Crippen LogP contribution in [0.25, 0.3) is 0 Å². The first kappa shape index (κ1) is 19.3. The van der Waals surface area contributed by atoms with E-state index in [4.69, 9.17) is 4.74 Å². The lowest BCUT2D eigenvalue weighted by molar-refractivity contribution is -0.0707. The summed E-state index contributed by atoms with van der Waals surface area (Å²) in [5.74, 6) is 0. The van der Waals surface area contributed by atoms with Crippen molar-refractivity contribution in [3.63, 3.8) is 0 Å².